The third-order valence-electron chi connectivity index (χ3n) is 12.8. The molecule has 0 saturated heterocycles. The van der Waals surface area contributed by atoms with Crippen molar-refractivity contribution in [2.45, 2.75) is 0 Å². The van der Waals surface area contributed by atoms with Crippen molar-refractivity contribution in [2.75, 3.05) is 4.90 Å². The first-order chi connectivity index (χ1) is 31.8. The Labute approximate surface area is 373 Å². The Morgan fingerprint density at radius 3 is 1.58 bits per heavy atom. The van der Waals surface area contributed by atoms with E-state index < -0.39 is 0 Å². The van der Waals surface area contributed by atoms with Crippen molar-refractivity contribution in [3.05, 3.63) is 255 Å². The molecule has 11 aromatic carbocycles. The highest BCUT2D eigenvalue weighted by Gasteiger charge is 2.22. The molecule has 0 amide bonds. The van der Waals surface area contributed by atoms with Gasteiger partial charge in [-0.25, -0.2) is 0 Å². The summed E-state index contributed by atoms with van der Waals surface area (Å²) in [5.74, 6) is 0. The molecule has 0 aliphatic carbocycles. The second-order valence-electron chi connectivity index (χ2n) is 16.4. The molecule has 1 heterocycles. The van der Waals surface area contributed by atoms with E-state index in [2.05, 4.69) is 264 Å². The molecule has 12 rings (SSSR count). The Balaban J connectivity index is 1.11. The molecule has 0 aliphatic rings. The summed E-state index contributed by atoms with van der Waals surface area (Å²) in [6, 6.07) is 92.8. The smallest absolute Gasteiger partial charge is 0.0619 e. The van der Waals surface area contributed by atoms with Gasteiger partial charge in [-0.2, -0.15) is 0 Å². The summed E-state index contributed by atoms with van der Waals surface area (Å²) in [6.07, 6.45) is 0. The number of nitrogens with zero attached hydrogens (tertiary/aromatic N) is 2. The molecule has 0 unspecified atom stereocenters. The molecule has 0 bridgehead atoms. The Bertz CT molecular complexity index is 3670. The summed E-state index contributed by atoms with van der Waals surface area (Å²) >= 11 is 0. The van der Waals surface area contributed by atoms with Crippen molar-refractivity contribution in [1.82, 2.24) is 4.57 Å². The minimum atomic E-state index is 1.07. The standard InChI is InChI=1S/C62H42N2/c1-3-19-44(20-4-1)53-35-16-23-45-24-17-37-57(61(45)53)55-32-9-11-39-59(55)63(49-29-13-25-46(41-49)52-34-15-22-43-21-7-8-31-51(43)52)50-30-14-26-47(42-50)54-36-18-38-58-56-33-10-12-40-60(56)64(62(54)58)48-27-5-2-6-28-48/h1-42H. The van der Waals surface area contributed by atoms with Gasteiger partial charge in [0.25, 0.3) is 0 Å². The van der Waals surface area contributed by atoms with Crippen LogP contribution in [0.15, 0.2) is 255 Å². The van der Waals surface area contributed by atoms with Crippen LogP contribution in [0.25, 0.3) is 93.5 Å². The quantitative estimate of drug-likeness (QED) is 0.148. The number of rotatable bonds is 8. The molecule has 2 heteroatoms. The Morgan fingerprint density at radius 1 is 0.297 bits per heavy atom. The van der Waals surface area contributed by atoms with Crippen LogP contribution in [-0.4, -0.2) is 4.57 Å². The van der Waals surface area contributed by atoms with Gasteiger partial charge in [-0.1, -0.05) is 206 Å². The van der Waals surface area contributed by atoms with Gasteiger partial charge in [-0.15, -0.1) is 0 Å². The van der Waals surface area contributed by atoms with Gasteiger partial charge in [0.1, 0.15) is 0 Å². The highest BCUT2D eigenvalue weighted by atomic mass is 15.1. The zero-order valence-corrected chi connectivity index (χ0v) is 35.1. The molecule has 0 aliphatic heterocycles. The van der Waals surface area contributed by atoms with Crippen LogP contribution in [0.1, 0.15) is 0 Å². The zero-order valence-electron chi connectivity index (χ0n) is 35.1. The first-order valence-corrected chi connectivity index (χ1v) is 22.0. The summed E-state index contributed by atoms with van der Waals surface area (Å²) in [4.78, 5) is 2.46. The van der Waals surface area contributed by atoms with Crippen molar-refractivity contribution in [3.63, 3.8) is 0 Å². The minimum Gasteiger partial charge on any atom is -0.310 e. The predicted molar refractivity (Wildman–Crippen MR) is 272 cm³/mol. The molecule has 0 atom stereocenters. The molecule has 12 aromatic rings. The van der Waals surface area contributed by atoms with Gasteiger partial charge in [0, 0.05) is 39.0 Å². The monoisotopic (exact) mass is 814 g/mol. The number of aromatic nitrogens is 1. The van der Waals surface area contributed by atoms with Crippen molar-refractivity contribution >= 4 is 60.4 Å². The Morgan fingerprint density at radius 2 is 0.797 bits per heavy atom. The van der Waals surface area contributed by atoms with E-state index in [4.69, 9.17) is 0 Å². The second kappa shape index (κ2) is 15.8. The fourth-order valence-electron chi connectivity index (χ4n) is 9.95. The highest BCUT2D eigenvalue weighted by molar-refractivity contribution is 6.14. The second-order valence-corrected chi connectivity index (χ2v) is 16.4. The normalized spacial score (nSPS) is 11.4. The topological polar surface area (TPSA) is 8.17 Å². The lowest BCUT2D eigenvalue weighted by atomic mass is 9.90. The van der Waals surface area contributed by atoms with Gasteiger partial charge >= 0.3 is 0 Å². The van der Waals surface area contributed by atoms with E-state index in [1.54, 1.807) is 0 Å². The maximum atomic E-state index is 2.46. The van der Waals surface area contributed by atoms with Gasteiger partial charge in [-0.05, 0) is 103 Å². The molecule has 0 N–H and O–H groups in total. The summed E-state index contributed by atoms with van der Waals surface area (Å²) in [5.41, 5.74) is 16.3. The average Bonchev–Trinajstić information content (AvgIpc) is 3.71. The summed E-state index contributed by atoms with van der Waals surface area (Å²) in [7, 11) is 0. The van der Waals surface area contributed by atoms with E-state index in [0.29, 0.717) is 0 Å². The molecule has 1 aromatic heterocycles. The summed E-state index contributed by atoms with van der Waals surface area (Å²) in [6.45, 7) is 0. The highest BCUT2D eigenvalue weighted by Crippen LogP contribution is 2.47. The van der Waals surface area contributed by atoms with E-state index in [0.717, 1.165) is 33.9 Å². The molecular formula is C62H42N2. The van der Waals surface area contributed by atoms with Crippen molar-refractivity contribution in [3.8, 4) is 50.2 Å². The molecule has 300 valence electrons. The van der Waals surface area contributed by atoms with Crippen molar-refractivity contribution in [2.24, 2.45) is 0 Å². The molecule has 2 nitrogen and oxygen atoms in total. The minimum absolute atomic E-state index is 1.07. The summed E-state index contributed by atoms with van der Waals surface area (Å²) < 4.78 is 2.43. The maximum Gasteiger partial charge on any atom is 0.0619 e. The SMILES string of the molecule is c1ccc(-c2cccc3cccc(-c4ccccc4N(c4cccc(-c5cccc6ccccc56)c4)c4cccc(-c5cccc6c7ccccc7n(-c7ccccc7)c56)c4)c23)cc1. The van der Waals surface area contributed by atoms with Gasteiger partial charge in [0.2, 0.25) is 0 Å². The number of fused-ring (bicyclic) bond motifs is 5. The van der Waals surface area contributed by atoms with E-state index in [9.17, 15) is 0 Å². The zero-order chi connectivity index (χ0) is 42.4. The molecule has 0 radical (unpaired) electrons. The number of hydrogen-bond acceptors (Lipinski definition) is 1. The molecule has 0 saturated carbocycles. The fraction of sp³-hybridized carbons (Fsp3) is 0. The third kappa shape index (κ3) is 6.35. The predicted octanol–water partition coefficient (Wildman–Crippen LogP) is 17.2. The van der Waals surface area contributed by atoms with Crippen LogP contribution >= 0.6 is 0 Å². The number of hydrogen-bond donors (Lipinski definition) is 0. The first kappa shape index (κ1) is 37.3. The van der Waals surface area contributed by atoms with E-state index in [-0.39, 0.29) is 0 Å². The van der Waals surface area contributed by atoms with Crippen LogP contribution in [0.2, 0.25) is 0 Å². The Hall–Kier alpha value is -8.46. The van der Waals surface area contributed by atoms with Crippen LogP contribution < -0.4 is 4.90 Å². The largest absolute Gasteiger partial charge is 0.310 e. The van der Waals surface area contributed by atoms with Crippen LogP contribution in [0, 0.1) is 0 Å². The van der Waals surface area contributed by atoms with Gasteiger partial charge in [0.05, 0.1) is 16.7 Å². The molecular weight excluding hydrogens is 773 g/mol. The lowest BCUT2D eigenvalue weighted by Gasteiger charge is -2.29. The average molecular weight is 815 g/mol. The van der Waals surface area contributed by atoms with Crippen LogP contribution in [0.3, 0.4) is 0 Å². The third-order valence-corrected chi connectivity index (χ3v) is 12.8. The lowest BCUT2D eigenvalue weighted by Crippen LogP contribution is -2.11. The maximum absolute atomic E-state index is 2.46. The van der Waals surface area contributed by atoms with Crippen LogP contribution in [0.5, 0.6) is 0 Å². The number of benzene rings is 11. The van der Waals surface area contributed by atoms with Gasteiger partial charge in [0.15, 0.2) is 0 Å². The van der Waals surface area contributed by atoms with Crippen molar-refractivity contribution in [1.29, 1.82) is 0 Å². The van der Waals surface area contributed by atoms with E-state index >= 15 is 0 Å². The van der Waals surface area contributed by atoms with Gasteiger partial charge < -0.3 is 9.47 Å². The first-order valence-electron chi connectivity index (χ1n) is 22.0. The number of para-hydroxylation sites is 4. The molecule has 64 heavy (non-hydrogen) atoms. The van der Waals surface area contributed by atoms with E-state index in [1.807, 2.05) is 0 Å². The van der Waals surface area contributed by atoms with Crippen LogP contribution in [0.4, 0.5) is 17.1 Å². The summed E-state index contributed by atoms with van der Waals surface area (Å²) in [5, 5.41) is 7.39. The van der Waals surface area contributed by atoms with Crippen LogP contribution in [-0.2, 0) is 0 Å². The number of anilines is 3. The lowest BCUT2D eigenvalue weighted by molar-refractivity contribution is 1.18. The van der Waals surface area contributed by atoms with Crippen molar-refractivity contribution < 1.29 is 0 Å². The Kier molecular flexibility index (Phi) is 9.20. The molecule has 0 spiro atoms. The fourth-order valence-corrected chi connectivity index (χ4v) is 9.95. The van der Waals surface area contributed by atoms with Gasteiger partial charge in [-0.3, -0.25) is 0 Å². The molecule has 0 fully saturated rings. The van der Waals surface area contributed by atoms with E-state index in [1.165, 1.54) is 76.7 Å².